The number of hydrogen-bond donors (Lipinski definition) is 2. The molecule has 0 atom stereocenters. The first-order valence-corrected chi connectivity index (χ1v) is 11.3. The summed E-state index contributed by atoms with van der Waals surface area (Å²) in [6.07, 6.45) is 11.9. The third-order valence-electron chi connectivity index (χ3n) is 4.87. The minimum Gasteiger partial charge on any atom is -0.492 e. The maximum Gasteiger partial charge on any atom is 0.257 e. The summed E-state index contributed by atoms with van der Waals surface area (Å²) in [6, 6.07) is 5.76. The van der Waals surface area contributed by atoms with Crippen molar-refractivity contribution in [1.29, 1.82) is 0 Å². The van der Waals surface area contributed by atoms with Gasteiger partial charge in [-0.1, -0.05) is 51.9 Å². The first kappa shape index (κ1) is 22.2. The van der Waals surface area contributed by atoms with Crippen LogP contribution in [0.3, 0.4) is 0 Å². The first-order valence-electron chi connectivity index (χ1n) is 10.1. The number of ether oxygens (including phenoxy) is 1. The van der Waals surface area contributed by atoms with Gasteiger partial charge in [0.1, 0.15) is 5.75 Å². The van der Waals surface area contributed by atoms with Gasteiger partial charge >= 0.3 is 0 Å². The molecule has 0 unspecified atom stereocenters. The summed E-state index contributed by atoms with van der Waals surface area (Å²) in [5.41, 5.74) is 0.560. The van der Waals surface area contributed by atoms with Crippen LogP contribution in [0.2, 0.25) is 0 Å². The molecular formula is C21H31BrN2O2S. The van der Waals surface area contributed by atoms with E-state index in [1.165, 1.54) is 44.9 Å². The molecule has 0 saturated heterocycles. The van der Waals surface area contributed by atoms with Crippen molar-refractivity contribution in [2.45, 2.75) is 77.2 Å². The number of unbranched alkanes of at least 4 members (excludes halogenated alkanes) is 3. The highest BCUT2D eigenvalue weighted by molar-refractivity contribution is 9.10. The summed E-state index contributed by atoms with van der Waals surface area (Å²) < 4.78 is 6.58. The molecule has 0 spiro atoms. The molecule has 1 aliphatic carbocycles. The normalized spacial score (nSPS) is 15.0. The van der Waals surface area contributed by atoms with E-state index >= 15 is 0 Å². The maximum absolute atomic E-state index is 12.5. The molecule has 27 heavy (non-hydrogen) atoms. The van der Waals surface area contributed by atoms with E-state index in [-0.39, 0.29) is 5.91 Å². The molecule has 1 aromatic rings. The number of carbonyl (C=O) groups excluding carboxylic acids is 1. The lowest BCUT2D eigenvalue weighted by molar-refractivity contribution is 0.0976. The number of benzene rings is 1. The second-order valence-electron chi connectivity index (χ2n) is 7.17. The van der Waals surface area contributed by atoms with E-state index in [0.29, 0.717) is 23.3 Å². The van der Waals surface area contributed by atoms with E-state index in [4.69, 9.17) is 17.0 Å². The van der Waals surface area contributed by atoms with Crippen molar-refractivity contribution in [2.75, 3.05) is 6.61 Å². The Morgan fingerprint density at radius 2 is 1.93 bits per heavy atom. The number of amides is 1. The zero-order valence-corrected chi connectivity index (χ0v) is 18.6. The average molecular weight is 455 g/mol. The SMILES string of the molecule is CCCCCCOc1ccc(C(=O)NC(=S)NC2CCCCCC2)cc1Br. The van der Waals surface area contributed by atoms with Gasteiger partial charge in [-0.2, -0.15) is 0 Å². The van der Waals surface area contributed by atoms with E-state index in [0.717, 1.165) is 29.5 Å². The van der Waals surface area contributed by atoms with E-state index in [1.54, 1.807) is 12.1 Å². The Kier molecular flexibility index (Phi) is 10.1. The minimum absolute atomic E-state index is 0.198. The Morgan fingerprint density at radius 1 is 1.19 bits per heavy atom. The highest BCUT2D eigenvalue weighted by atomic mass is 79.9. The van der Waals surface area contributed by atoms with Gasteiger partial charge in [-0.3, -0.25) is 10.1 Å². The summed E-state index contributed by atoms with van der Waals surface area (Å²) in [5.74, 6) is 0.568. The number of thiocarbonyl (C=S) groups is 1. The molecule has 4 nitrogen and oxygen atoms in total. The fraction of sp³-hybridized carbons (Fsp3) is 0.619. The van der Waals surface area contributed by atoms with Crippen LogP contribution in [0.5, 0.6) is 5.75 Å². The summed E-state index contributed by atoms with van der Waals surface area (Å²) in [6.45, 7) is 2.89. The Bertz CT molecular complexity index is 616. The predicted octanol–water partition coefficient (Wildman–Crippen LogP) is 5.74. The number of carbonyl (C=O) groups is 1. The van der Waals surface area contributed by atoms with E-state index < -0.39 is 0 Å². The van der Waals surface area contributed by atoms with Gasteiger partial charge in [0.05, 0.1) is 11.1 Å². The van der Waals surface area contributed by atoms with Gasteiger partial charge in [0.2, 0.25) is 0 Å². The molecule has 0 heterocycles. The number of halogens is 1. The van der Waals surface area contributed by atoms with Gasteiger partial charge in [0.25, 0.3) is 5.91 Å². The van der Waals surface area contributed by atoms with E-state index in [9.17, 15) is 4.79 Å². The van der Waals surface area contributed by atoms with Crippen molar-refractivity contribution >= 4 is 39.2 Å². The van der Waals surface area contributed by atoms with E-state index in [1.807, 2.05) is 6.07 Å². The lowest BCUT2D eigenvalue weighted by Crippen LogP contribution is -2.44. The quantitative estimate of drug-likeness (QED) is 0.298. The monoisotopic (exact) mass is 454 g/mol. The van der Waals surface area contributed by atoms with Gasteiger partial charge in [-0.15, -0.1) is 0 Å². The van der Waals surface area contributed by atoms with Crippen LogP contribution in [0.25, 0.3) is 0 Å². The van der Waals surface area contributed by atoms with E-state index in [2.05, 4.69) is 33.5 Å². The second kappa shape index (κ2) is 12.3. The Hall–Kier alpha value is -1.14. The minimum atomic E-state index is -0.198. The summed E-state index contributed by atoms with van der Waals surface area (Å²) in [4.78, 5) is 12.5. The third-order valence-corrected chi connectivity index (χ3v) is 5.71. The summed E-state index contributed by atoms with van der Waals surface area (Å²) >= 11 is 8.83. The van der Waals surface area contributed by atoms with Crippen LogP contribution in [0.15, 0.2) is 22.7 Å². The van der Waals surface area contributed by atoms with Crippen LogP contribution in [-0.2, 0) is 0 Å². The Labute approximate surface area is 177 Å². The first-order chi connectivity index (χ1) is 13.1. The molecule has 1 saturated carbocycles. The molecule has 0 aliphatic heterocycles. The van der Waals surface area contributed by atoms with Crippen LogP contribution in [-0.4, -0.2) is 23.7 Å². The zero-order valence-electron chi connectivity index (χ0n) is 16.2. The smallest absolute Gasteiger partial charge is 0.257 e. The predicted molar refractivity (Wildman–Crippen MR) is 118 cm³/mol. The third kappa shape index (κ3) is 8.18. The molecule has 1 aromatic carbocycles. The van der Waals surface area contributed by atoms with Gasteiger partial charge in [-0.25, -0.2) is 0 Å². The topological polar surface area (TPSA) is 50.4 Å². The van der Waals surface area contributed by atoms with Crippen molar-refractivity contribution in [1.82, 2.24) is 10.6 Å². The highest BCUT2D eigenvalue weighted by Crippen LogP contribution is 2.26. The number of hydrogen-bond acceptors (Lipinski definition) is 3. The number of rotatable bonds is 8. The van der Waals surface area contributed by atoms with Gasteiger partial charge in [0, 0.05) is 11.6 Å². The van der Waals surface area contributed by atoms with Crippen molar-refractivity contribution in [2.24, 2.45) is 0 Å². The fourth-order valence-electron chi connectivity index (χ4n) is 3.29. The molecule has 0 radical (unpaired) electrons. The van der Waals surface area contributed by atoms with Gasteiger partial charge in [0.15, 0.2) is 5.11 Å². The molecule has 1 fully saturated rings. The number of nitrogens with one attached hydrogen (secondary N) is 2. The Morgan fingerprint density at radius 3 is 2.59 bits per heavy atom. The highest BCUT2D eigenvalue weighted by Gasteiger charge is 2.15. The largest absolute Gasteiger partial charge is 0.492 e. The van der Waals surface area contributed by atoms with Crippen LogP contribution >= 0.6 is 28.1 Å². The molecular weight excluding hydrogens is 424 g/mol. The second-order valence-corrected chi connectivity index (χ2v) is 8.43. The Balaban J connectivity index is 1.81. The fourth-order valence-corrected chi connectivity index (χ4v) is 4.04. The molecule has 0 aromatic heterocycles. The molecule has 2 rings (SSSR count). The molecule has 6 heteroatoms. The average Bonchev–Trinajstić information content (AvgIpc) is 2.91. The molecule has 0 bridgehead atoms. The molecule has 1 aliphatic rings. The zero-order chi connectivity index (χ0) is 19.5. The standard InChI is InChI=1S/C21H31BrN2O2S/c1-2-3-4-9-14-26-19-13-12-16(15-18(19)22)20(25)24-21(27)23-17-10-7-5-6-8-11-17/h12-13,15,17H,2-11,14H2,1H3,(H2,23,24,25,27). The van der Waals surface area contributed by atoms with Crippen molar-refractivity contribution in [3.63, 3.8) is 0 Å². The van der Waals surface area contributed by atoms with Gasteiger partial charge < -0.3 is 10.1 Å². The maximum atomic E-state index is 12.5. The summed E-state index contributed by atoms with van der Waals surface area (Å²) in [5, 5.41) is 6.51. The van der Waals surface area contributed by atoms with Crippen LogP contribution in [0, 0.1) is 0 Å². The van der Waals surface area contributed by atoms with Crippen LogP contribution < -0.4 is 15.4 Å². The lowest BCUT2D eigenvalue weighted by Gasteiger charge is -2.18. The van der Waals surface area contributed by atoms with Crippen LogP contribution in [0.4, 0.5) is 0 Å². The molecule has 2 N–H and O–H groups in total. The van der Waals surface area contributed by atoms with Crippen molar-refractivity contribution in [3.8, 4) is 5.75 Å². The lowest BCUT2D eigenvalue weighted by atomic mass is 10.1. The summed E-state index contributed by atoms with van der Waals surface area (Å²) in [7, 11) is 0. The molecule has 1 amide bonds. The van der Waals surface area contributed by atoms with Gasteiger partial charge in [-0.05, 0) is 65.6 Å². The molecule has 150 valence electrons. The van der Waals surface area contributed by atoms with Crippen molar-refractivity contribution < 1.29 is 9.53 Å². The van der Waals surface area contributed by atoms with Crippen LogP contribution in [0.1, 0.15) is 81.5 Å². The van der Waals surface area contributed by atoms with Crippen molar-refractivity contribution in [3.05, 3.63) is 28.2 Å².